The smallest absolute Gasteiger partial charge is 0.355 e. The molecule has 8 heteroatoms. The van der Waals surface area contributed by atoms with Gasteiger partial charge in [-0.1, -0.05) is 12.1 Å². The first-order valence-corrected chi connectivity index (χ1v) is 8.26. The second-order valence-electron chi connectivity index (χ2n) is 4.91. The van der Waals surface area contributed by atoms with Crippen LogP contribution in [0.3, 0.4) is 0 Å². The largest absolute Gasteiger partial charge is 0.491 e. The minimum Gasteiger partial charge on any atom is -0.491 e. The molecule has 6 nitrogen and oxygen atoms in total. The van der Waals surface area contributed by atoms with Crippen molar-refractivity contribution in [3.05, 3.63) is 46.2 Å². The average Bonchev–Trinajstić information content (AvgIpc) is 3.02. The second kappa shape index (κ2) is 8.97. The molecule has 2 rings (SSSR count). The summed E-state index contributed by atoms with van der Waals surface area (Å²) in [7, 11) is 0. The lowest BCUT2D eigenvalue weighted by Gasteiger charge is -2.07. The van der Waals surface area contributed by atoms with E-state index in [0.29, 0.717) is 24.4 Å². The highest BCUT2D eigenvalue weighted by Gasteiger charge is 2.09. The van der Waals surface area contributed by atoms with Crippen molar-refractivity contribution in [3.8, 4) is 5.75 Å². The molecule has 0 saturated heterocycles. The molecular formula is C16H17FN2O4S. The number of hydrogen-bond donors (Lipinski definition) is 2. The molecule has 24 heavy (non-hydrogen) atoms. The Balaban J connectivity index is 1.59. The highest BCUT2D eigenvalue weighted by molar-refractivity contribution is 7.09. The molecule has 0 fully saturated rings. The van der Waals surface area contributed by atoms with E-state index in [2.05, 4.69) is 10.3 Å². The molecule has 0 atom stereocenters. The molecule has 0 bridgehead atoms. The van der Waals surface area contributed by atoms with Gasteiger partial charge in [-0.15, -0.1) is 11.3 Å². The summed E-state index contributed by atoms with van der Waals surface area (Å²) in [4.78, 5) is 26.3. The summed E-state index contributed by atoms with van der Waals surface area (Å²) in [5, 5.41) is 13.6. The zero-order valence-electron chi connectivity index (χ0n) is 12.8. The Morgan fingerprint density at radius 3 is 2.83 bits per heavy atom. The van der Waals surface area contributed by atoms with Crippen molar-refractivity contribution < 1.29 is 23.8 Å². The van der Waals surface area contributed by atoms with Gasteiger partial charge in [-0.25, -0.2) is 14.2 Å². The summed E-state index contributed by atoms with van der Waals surface area (Å²) >= 11 is 1.25. The van der Waals surface area contributed by atoms with Crippen LogP contribution >= 0.6 is 11.3 Å². The van der Waals surface area contributed by atoms with E-state index >= 15 is 0 Å². The number of thiazole rings is 1. The summed E-state index contributed by atoms with van der Waals surface area (Å²) in [6.45, 7) is 0.641. The molecule has 0 unspecified atom stereocenters. The molecule has 0 aliphatic rings. The molecule has 1 aromatic carbocycles. The van der Waals surface area contributed by atoms with E-state index in [1.165, 1.54) is 28.8 Å². The number of carboxylic acids is 1. The molecule has 0 saturated carbocycles. The number of aromatic nitrogens is 1. The van der Waals surface area contributed by atoms with Crippen molar-refractivity contribution in [2.24, 2.45) is 0 Å². The fourth-order valence-electron chi connectivity index (χ4n) is 1.90. The van der Waals surface area contributed by atoms with Gasteiger partial charge in [-0.05, 0) is 18.6 Å². The van der Waals surface area contributed by atoms with E-state index in [4.69, 9.17) is 9.84 Å². The maximum absolute atomic E-state index is 13.3. The highest BCUT2D eigenvalue weighted by atomic mass is 32.1. The van der Waals surface area contributed by atoms with Gasteiger partial charge in [0.05, 0.1) is 11.6 Å². The van der Waals surface area contributed by atoms with E-state index in [1.807, 2.05) is 0 Å². The Bertz CT molecular complexity index is 705. The van der Waals surface area contributed by atoms with Gasteiger partial charge in [-0.3, -0.25) is 4.79 Å². The second-order valence-corrected chi connectivity index (χ2v) is 5.86. The topological polar surface area (TPSA) is 88.5 Å². The molecule has 1 amide bonds. The minimum absolute atomic E-state index is 0.0200. The van der Waals surface area contributed by atoms with Crippen molar-refractivity contribution in [1.82, 2.24) is 10.3 Å². The Labute approximate surface area is 142 Å². The SMILES string of the molecule is O=C(CCCOc1ccccc1F)NCCc1nc(C(=O)O)cs1. The average molecular weight is 352 g/mol. The third-order valence-corrected chi connectivity index (χ3v) is 3.98. The van der Waals surface area contributed by atoms with Crippen LogP contribution in [0.1, 0.15) is 28.3 Å². The lowest BCUT2D eigenvalue weighted by atomic mass is 10.3. The molecule has 1 aromatic heterocycles. The van der Waals surface area contributed by atoms with Crippen molar-refractivity contribution in [2.75, 3.05) is 13.2 Å². The lowest BCUT2D eigenvalue weighted by Crippen LogP contribution is -2.25. The monoisotopic (exact) mass is 352 g/mol. The first kappa shape index (κ1) is 17.9. The Kier molecular flexibility index (Phi) is 6.68. The fraction of sp³-hybridized carbons (Fsp3) is 0.312. The van der Waals surface area contributed by atoms with Gasteiger partial charge in [0.25, 0.3) is 0 Å². The van der Waals surface area contributed by atoms with Crippen molar-refractivity contribution in [2.45, 2.75) is 19.3 Å². The summed E-state index contributed by atoms with van der Waals surface area (Å²) in [6, 6.07) is 6.11. The van der Waals surface area contributed by atoms with E-state index in [1.54, 1.807) is 12.1 Å². The quantitative estimate of drug-likeness (QED) is 0.677. The van der Waals surface area contributed by atoms with Crippen molar-refractivity contribution in [3.63, 3.8) is 0 Å². The predicted octanol–water partition coefficient (Wildman–Crippen LogP) is 2.50. The summed E-state index contributed by atoms with van der Waals surface area (Å²) < 4.78 is 18.6. The van der Waals surface area contributed by atoms with Gasteiger partial charge >= 0.3 is 5.97 Å². The fourth-order valence-corrected chi connectivity index (χ4v) is 2.67. The van der Waals surface area contributed by atoms with E-state index in [9.17, 15) is 14.0 Å². The standard InChI is InChI=1S/C16H17FN2O4S/c17-11-4-1-2-5-13(11)23-9-3-6-14(20)18-8-7-15-19-12(10-24-15)16(21)22/h1-2,4-5,10H,3,6-9H2,(H,18,20)(H,21,22). The molecule has 0 aliphatic carbocycles. The van der Waals surface area contributed by atoms with Gasteiger partial charge in [0, 0.05) is 24.8 Å². The van der Waals surface area contributed by atoms with Gasteiger partial charge in [0.15, 0.2) is 17.3 Å². The van der Waals surface area contributed by atoms with Crippen LogP contribution in [0.5, 0.6) is 5.75 Å². The number of aromatic carboxylic acids is 1. The third-order valence-electron chi connectivity index (χ3n) is 3.07. The zero-order chi connectivity index (χ0) is 17.4. The minimum atomic E-state index is -1.06. The summed E-state index contributed by atoms with van der Waals surface area (Å²) in [5.74, 6) is -1.44. The highest BCUT2D eigenvalue weighted by Crippen LogP contribution is 2.15. The van der Waals surface area contributed by atoms with Crippen LogP contribution in [0.25, 0.3) is 0 Å². The molecule has 2 N–H and O–H groups in total. The number of halogens is 1. The van der Waals surface area contributed by atoms with Gasteiger partial charge in [-0.2, -0.15) is 0 Å². The molecule has 128 valence electrons. The molecule has 1 heterocycles. The van der Waals surface area contributed by atoms with Crippen LogP contribution in [0.4, 0.5) is 4.39 Å². The number of para-hydroxylation sites is 1. The predicted molar refractivity (Wildman–Crippen MR) is 86.9 cm³/mol. The molecule has 0 aliphatic heterocycles. The number of nitrogens with one attached hydrogen (secondary N) is 1. The molecular weight excluding hydrogens is 335 g/mol. The van der Waals surface area contributed by atoms with Gasteiger partial charge in [0.1, 0.15) is 0 Å². The number of hydrogen-bond acceptors (Lipinski definition) is 5. The summed E-state index contributed by atoms with van der Waals surface area (Å²) in [5.41, 5.74) is 0.0200. The van der Waals surface area contributed by atoms with E-state index in [-0.39, 0.29) is 30.4 Å². The number of amides is 1. The number of carboxylic acid groups (broad SMARTS) is 1. The van der Waals surface area contributed by atoms with Crippen LogP contribution in [0.2, 0.25) is 0 Å². The number of carbonyl (C=O) groups excluding carboxylic acids is 1. The Morgan fingerprint density at radius 2 is 2.12 bits per heavy atom. The van der Waals surface area contributed by atoms with Crippen LogP contribution in [0.15, 0.2) is 29.6 Å². The molecule has 0 radical (unpaired) electrons. The maximum Gasteiger partial charge on any atom is 0.355 e. The van der Waals surface area contributed by atoms with Crippen LogP contribution in [0, 0.1) is 5.82 Å². The number of rotatable bonds is 9. The summed E-state index contributed by atoms with van der Waals surface area (Å²) in [6.07, 6.45) is 1.22. The van der Waals surface area contributed by atoms with E-state index in [0.717, 1.165) is 0 Å². The Morgan fingerprint density at radius 1 is 1.33 bits per heavy atom. The zero-order valence-corrected chi connectivity index (χ0v) is 13.6. The molecule has 0 spiro atoms. The van der Waals surface area contributed by atoms with Crippen LogP contribution in [-0.2, 0) is 11.2 Å². The van der Waals surface area contributed by atoms with Crippen LogP contribution in [-0.4, -0.2) is 35.1 Å². The van der Waals surface area contributed by atoms with Gasteiger partial charge < -0.3 is 15.2 Å². The number of carbonyl (C=O) groups is 2. The van der Waals surface area contributed by atoms with E-state index < -0.39 is 11.8 Å². The first-order valence-electron chi connectivity index (χ1n) is 7.38. The van der Waals surface area contributed by atoms with Crippen molar-refractivity contribution >= 4 is 23.2 Å². The van der Waals surface area contributed by atoms with Crippen LogP contribution < -0.4 is 10.1 Å². The number of benzene rings is 1. The van der Waals surface area contributed by atoms with Gasteiger partial charge in [0.2, 0.25) is 5.91 Å². The first-order chi connectivity index (χ1) is 11.6. The third kappa shape index (κ3) is 5.62. The van der Waals surface area contributed by atoms with Crippen molar-refractivity contribution in [1.29, 1.82) is 0 Å². The number of nitrogens with zero attached hydrogens (tertiary/aromatic N) is 1. The maximum atomic E-state index is 13.3. The lowest BCUT2D eigenvalue weighted by molar-refractivity contribution is -0.121. The molecule has 2 aromatic rings. The Hall–Kier alpha value is -2.48. The number of ether oxygens (including phenoxy) is 1. The normalized spacial score (nSPS) is 10.4.